The van der Waals surface area contributed by atoms with Crippen molar-refractivity contribution in [1.82, 2.24) is 9.88 Å². The lowest BCUT2D eigenvalue weighted by atomic mass is 10.1. The van der Waals surface area contributed by atoms with Crippen LogP contribution in [0.4, 0.5) is 0 Å². The number of para-hydroxylation sites is 1. The van der Waals surface area contributed by atoms with E-state index in [1.807, 2.05) is 67.1 Å². The predicted molar refractivity (Wildman–Crippen MR) is 85.3 cm³/mol. The zero-order valence-corrected chi connectivity index (χ0v) is 12.3. The summed E-state index contributed by atoms with van der Waals surface area (Å²) in [5, 5.41) is 4.13. The fourth-order valence-electron chi connectivity index (χ4n) is 2.77. The average Bonchev–Trinajstić information content (AvgIpc) is 2.78. The summed E-state index contributed by atoms with van der Waals surface area (Å²) in [5.74, 6) is -0.0324. The van der Waals surface area contributed by atoms with Crippen LogP contribution in [0.1, 0.15) is 21.6 Å². The van der Waals surface area contributed by atoms with Gasteiger partial charge in [-0.3, -0.25) is 4.79 Å². The van der Waals surface area contributed by atoms with E-state index >= 15 is 0 Å². The molecule has 0 bridgehead atoms. The highest BCUT2D eigenvalue weighted by molar-refractivity contribution is 6.01. The number of carbonyl (C=O) groups excluding carboxylic acids is 1. The van der Waals surface area contributed by atoms with Crippen molar-refractivity contribution in [3.05, 3.63) is 71.4 Å². The van der Waals surface area contributed by atoms with Crippen molar-refractivity contribution in [2.45, 2.75) is 13.5 Å². The highest BCUT2D eigenvalue weighted by Gasteiger charge is 2.17. The van der Waals surface area contributed by atoms with Gasteiger partial charge >= 0.3 is 0 Å². The van der Waals surface area contributed by atoms with Crippen LogP contribution in [-0.2, 0) is 13.6 Å². The molecule has 3 rings (SSSR count). The molecule has 3 nitrogen and oxygen atoms in total. The third kappa shape index (κ3) is 2.42. The monoisotopic (exact) mass is 278 g/mol. The van der Waals surface area contributed by atoms with E-state index in [9.17, 15) is 4.79 Å². The highest BCUT2D eigenvalue weighted by Crippen LogP contribution is 2.24. The van der Waals surface area contributed by atoms with Gasteiger partial charge < -0.3 is 9.88 Å². The molecule has 1 aromatic heterocycles. The van der Waals surface area contributed by atoms with E-state index in [0.717, 1.165) is 27.7 Å². The first-order valence-corrected chi connectivity index (χ1v) is 7.04. The third-order valence-corrected chi connectivity index (χ3v) is 3.87. The molecular formula is C18H18N2O. The zero-order valence-electron chi connectivity index (χ0n) is 12.3. The van der Waals surface area contributed by atoms with Crippen molar-refractivity contribution >= 4 is 16.8 Å². The Kier molecular flexibility index (Phi) is 3.48. The van der Waals surface area contributed by atoms with E-state index in [4.69, 9.17) is 0 Å². The van der Waals surface area contributed by atoms with E-state index in [1.54, 1.807) is 0 Å². The van der Waals surface area contributed by atoms with Crippen molar-refractivity contribution < 1.29 is 4.79 Å². The lowest BCUT2D eigenvalue weighted by molar-refractivity contribution is 0.0942. The van der Waals surface area contributed by atoms with Crippen molar-refractivity contribution in [3.8, 4) is 0 Å². The maximum Gasteiger partial charge on any atom is 0.268 e. The van der Waals surface area contributed by atoms with Gasteiger partial charge in [0.15, 0.2) is 0 Å². The van der Waals surface area contributed by atoms with Crippen LogP contribution in [0.2, 0.25) is 0 Å². The predicted octanol–water partition coefficient (Wildman–Crippen LogP) is 3.42. The second-order valence-corrected chi connectivity index (χ2v) is 5.22. The summed E-state index contributed by atoms with van der Waals surface area (Å²) in [7, 11) is 1.94. The summed E-state index contributed by atoms with van der Waals surface area (Å²) in [5.41, 5.74) is 3.94. The number of amides is 1. The number of benzene rings is 2. The SMILES string of the molecule is Cc1c(C(=O)NCc2ccccc2)n(C)c2ccccc12. The van der Waals surface area contributed by atoms with Crippen LogP contribution in [0.15, 0.2) is 54.6 Å². The first kappa shape index (κ1) is 13.4. The Morgan fingerprint density at radius 1 is 1.05 bits per heavy atom. The van der Waals surface area contributed by atoms with Gasteiger partial charge in [-0.1, -0.05) is 48.5 Å². The summed E-state index contributed by atoms with van der Waals surface area (Å²) in [6.45, 7) is 2.54. The van der Waals surface area contributed by atoms with Crippen LogP contribution in [0.25, 0.3) is 10.9 Å². The molecule has 0 aliphatic carbocycles. The molecule has 0 saturated heterocycles. The lowest BCUT2D eigenvalue weighted by Gasteiger charge is -2.08. The number of aryl methyl sites for hydroxylation is 2. The van der Waals surface area contributed by atoms with Crippen molar-refractivity contribution in [3.63, 3.8) is 0 Å². The summed E-state index contributed by atoms with van der Waals surface area (Å²) >= 11 is 0. The molecule has 3 heteroatoms. The smallest absolute Gasteiger partial charge is 0.268 e. The summed E-state index contributed by atoms with van der Waals surface area (Å²) in [6.07, 6.45) is 0. The molecule has 21 heavy (non-hydrogen) atoms. The summed E-state index contributed by atoms with van der Waals surface area (Å²) in [4.78, 5) is 12.5. The van der Waals surface area contributed by atoms with Crippen LogP contribution in [0.5, 0.6) is 0 Å². The third-order valence-electron chi connectivity index (χ3n) is 3.87. The molecule has 0 aliphatic rings. The van der Waals surface area contributed by atoms with Crippen LogP contribution in [0.3, 0.4) is 0 Å². The van der Waals surface area contributed by atoms with Crippen molar-refractivity contribution in [2.75, 3.05) is 0 Å². The minimum absolute atomic E-state index is 0.0324. The Morgan fingerprint density at radius 3 is 2.43 bits per heavy atom. The molecule has 0 unspecified atom stereocenters. The van der Waals surface area contributed by atoms with Gasteiger partial charge in [0, 0.05) is 24.5 Å². The largest absolute Gasteiger partial charge is 0.347 e. The Bertz CT molecular complexity index is 749. The van der Waals surface area contributed by atoms with E-state index in [1.165, 1.54) is 0 Å². The first-order chi connectivity index (χ1) is 10.2. The molecule has 0 atom stereocenters. The molecule has 1 amide bonds. The summed E-state index contributed by atoms with van der Waals surface area (Å²) in [6, 6.07) is 18.0. The Morgan fingerprint density at radius 2 is 1.71 bits per heavy atom. The Labute approximate surface area is 124 Å². The Hall–Kier alpha value is -2.55. The molecule has 1 N–H and O–H groups in total. The maximum absolute atomic E-state index is 12.5. The van der Waals surface area contributed by atoms with Gasteiger partial charge in [0.1, 0.15) is 5.69 Å². The standard InChI is InChI=1S/C18H18N2O/c1-13-15-10-6-7-11-16(15)20(2)17(13)18(21)19-12-14-8-4-3-5-9-14/h3-11H,12H2,1-2H3,(H,19,21). The minimum atomic E-state index is -0.0324. The second-order valence-electron chi connectivity index (χ2n) is 5.22. The van der Waals surface area contributed by atoms with Crippen LogP contribution in [0, 0.1) is 6.92 Å². The quantitative estimate of drug-likeness (QED) is 0.782. The fraction of sp³-hybridized carbons (Fsp3) is 0.167. The topological polar surface area (TPSA) is 34.0 Å². The van der Waals surface area contributed by atoms with Gasteiger partial charge in [-0.05, 0) is 24.1 Å². The zero-order chi connectivity index (χ0) is 14.8. The molecular weight excluding hydrogens is 260 g/mol. The highest BCUT2D eigenvalue weighted by atomic mass is 16.1. The van der Waals surface area contributed by atoms with Crippen molar-refractivity contribution in [2.24, 2.45) is 7.05 Å². The molecule has 0 spiro atoms. The number of hydrogen-bond acceptors (Lipinski definition) is 1. The molecule has 3 aromatic rings. The van der Waals surface area contributed by atoms with Crippen LogP contribution >= 0.6 is 0 Å². The second kappa shape index (κ2) is 5.44. The normalized spacial score (nSPS) is 10.8. The van der Waals surface area contributed by atoms with Gasteiger partial charge in [-0.25, -0.2) is 0 Å². The molecule has 0 fully saturated rings. The van der Waals surface area contributed by atoms with Gasteiger partial charge in [0.05, 0.1) is 0 Å². The number of hydrogen-bond donors (Lipinski definition) is 1. The molecule has 2 aromatic carbocycles. The number of nitrogens with one attached hydrogen (secondary N) is 1. The van der Waals surface area contributed by atoms with Crippen molar-refractivity contribution in [1.29, 1.82) is 0 Å². The van der Waals surface area contributed by atoms with Crippen LogP contribution in [-0.4, -0.2) is 10.5 Å². The average molecular weight is 278 g/mol. The van der Waals surface area contributed by atoms with Crippen LogP contribution < -0.4 is 5.32 Å². The molecule has 0 radical (unpaired) electrons. The molecule has 0 saturated carbocycles. The van der Waals surface area contributed by atoms with Gasteiger partial charge in [-0.2, -0.15) is 0 Å². The van der Waals surface area contributed by atoms with E-state index in [-0.39, 0.29) is 5.91 Å². The molecule has 0 aliphatic heterocycles. The van der Waals surface area contributed by atoms with E-state index in [0.29, 0.717) is 6.54 Å². The number of nitrogens with zero attached hydrogens (tertiary/aromatic N) is 1. The molecule has 1 heterocycles. The first-order valence-electron chi connectivity index (χ1n) is 7.04. The fourth-order valence-corrected chi connectivity index (χ4v) is 2.77. The number of aromatic nitrogens is 1. The van der Waals surface area contributed by atoms with E-state index < -0.39 is 0 Å². The number of rotatable bonds is 3. The lowest BCUT2D eigenvalue weighted by Crippen LogP contribution is -2.25. The molecule has 106 valence electrons. The van der Waals surface area contributed by atoms with Gasteiger partial charge in [0.2, 0.25) is 0 Å². The number of fused-ring (bicyclic) bond motifs is 1. The number of carbonyl (C=O) groups is 1. The Balaban J connectivity index is 1.88. The van der Waals surface area contributed by atoms with Gasteiger partial charge in [0.25, 0.3) is 5.91 Å². The van der Waals surface area contributed by atoms with E-state index in [2.05, 4.69) is 11.4 Å². The maximum atomic E-state index is 12.5. The minimum Gasteiger partial charge on any atom is -0.347 e. The van der Waals surface area contributed by atoms with Gasteiger partial charge in [-0.15, -0.1) is 0 Å². The summed E-state index contributed by atoms with van der Waals surface area (Å²) < 4.78 is 1.96.